The quantitative estimate of drug-likeness (QED) is 0.626. The number of rotatable bonds is 5. The van der Waals surface area contributed by atoms with Gasteiger partial charge in [-0.05, 0) is 38.5 Å². The van der Waals surface area contributed by atoms with E-state index in [-0.39, 0.29) is 5.91 Å². The molecule has 1 amide bonds. The molecule has 0 atom stereocenters. The molecule has 0 bridgehead atoms. The van der Waals surface area contributed by atoms with Crippen molar-refractivity contribution in [2.45, 2.75) is 27.2 Å². The Morgan fingerprint density at radius 1 is 1.13 bits per heavy atom. The third-order valence-corrected chi connectivity index (χ3v) is 6.56. The fourth-order valence-corrected chi connectivity index (χ4v) is 4.68. The fraction of sp³-hybridized carbons (Fsp3) is 0.409. The summed E-state index contributed by atoms with van der Waals surface area (Å²) >= 11 is 1.40. The second-order valence-electron chi connectivity index (χ2n) is 7.40. The maximum atomic E-state index is 12.9. The van der Waals surface area contributed by atoms with Crippen molar-refractivity contribution in [3.63, 3.8) is 0 Å². The Labute approximate surface area is 180 Å². The minimum absolute atomic E-state index is 0.0273. The SMILES string of the molecule is COc1ccc(Cc2c(C)nn(-c3nc(C)c(C(=O)N4CCOCC4)s3)c2C)cc1. The molecule has 0 saturated carbocycles. The van der Waals surface area contributed by atoms with Crippen molar-refractivity contribution in [2.24, 2.45) is 0 Å². The molecule has 0 unspecified atom stereocenters. The van der Waals surface area contributed by atoms with Crippen LogP contribution >= 0.6 is 11.3 Å². The molecule has 0 radical (unpaired) electrons. The third-order valence-electron chi connectivity index (χ3n) is 5.44. The molecule has 4 rings (SSSR count). The van der Waals surface area contributed by atoms with Gasteiger partial charge in [0.1, 0.15) is 10.6 Å². The van der Waals surface area contributed by atoms with Crippen LogP contribution in [0.5, 0.6) is 5.75 Å². The zero-order chi connectivity index (χ0) is 21.3. The van der Waals surface area contributed by atoms with Crippen LogP contribution in [0.3, 0.4) is 0 Å². The normalized spacial score (nSPS) is 14.2. The second-order valence-corrected chi connectivity index (χ2v) is 8.38. The topological polar surface area (TPSA) is 69.5 Å². The zero-order valence-corrected chi connectivity index (χ0v) is 18.6. The van der Waals surface area contributed by atoms with Gasteiger partial charge in [0.15, 0.2) is 0 Å². The van der Waals surface area contributed by atoms with E-state index in [1.165, 1.54) is 22.5 Å². The molecular formula is C22H26N4O3S. The van der Waals surface area contributed by atoms with E-state index < -0.39 is 0 Å². The van der Waals surface area contributed by atoms with Crippen LogP contribution in [0, 0.1) is 20.8 Å². The number of hydrogen-bond acceptors (Lipinski definition) is 6. The number of carbonyl (C=O) groups is 1. The van der Waals surface area contributed by atoms with Gasteiger partial charge in [0.2, 0.25) is 5.13 Å². The number of thiazole rings is 1. The first-order valence-corrected chi connectivity index (χ1v) is 10.8. The van der Waals surface area contributed by atoms with Crippen molar-refractivity contribution in [3.8, 4) is 10.9 Å². The predicted molar refractivity (Wildman–Crippen MR) is 116 cm³/mol. The predicted octanol–water partition coefficient (Wildman–Crippen LogP) is 3.33. The molecule has 3 heterocycles. The van der Waals surface area contributed by atoms with Crippen LogP contribution < -0.4 is 4.74 Å². The number of morpholine rings is 1. The van der Waals surface area contributed by atoms with Gasteiger partial charge in [0, 0.05) is 30.8 Å². The summed E-state index contributed by atoms with van der Waals surface area (Å²) in [6.45, 7) is 8.37. The van der Waals surface area contributed by atoms with Crippen LogP contribution in [0.15, 0.2) is 24.3 Å². The van der Waals surface area contributed by atoms with Crippen LogP contribution in [0.25, 0.3) is 5.13 Å². The molecule has 0 aliphatic carbocycles. The van der Waals surface area contributed by atoms with E-state index >= 15 is 0 Å². The average Bonchev–Trinajstić information content (AvgIpc) is 3.29. The lowest BCUT2D eigenvalue weighted by Gasteiger charge is -2.26. The summed E-state index contributed by atoms with van der Waals surface area (Å²) in [5.74, 6) is 0.873. The number of aryl methyl sites for hydroxylation is 2. The molecule has 2 aromatic heterocycles. The highest BCUT2D eigenvalue weighted by Crippen LogP contribution is 2.27. The summed E-state index contributed by atoms with van der Waals surface area (Å²) in [5, 5.41) is 5.46. The first kappa shape index (κ1) is 20.6. The molecule has 7 nitrogen and oxygen atoms in total. The molecule has 158 valence electrons. The molecule has 1 fully saturated rings. The Kier molecular flexibility index (Phi) is 5.87. The minimum atomic E-state index is 0.0273. The molecule has 0 N–H and O–H groups in total. The van der Waals surface area contributed by atoms with Gasteiger partial charge in [0.25, 0.3) is 5.91 Å². The lowest BCUT2D eigenvalue weighted by molar-refractivity contribution is 0.0305. The van der Waals surface area contributed by atoms with Crippen LogP contribution in [0.1, 0.15) is 37.9 Å². The number of carbonyl (C=O) groups excluding carboxylic acids is 1. The highest BCUT2D eigenvalue weighted by Gasteiger charge is 2.25. The van der Waals surface area contributed by atoms with Gasteiger partial charge in [-0.15, -0.1) is 0 Å². The summed E-state index contributed by atoms with van der Waals surface area (Å²) in [7, 11) is 1.67. The number of nitrogens with zero attached hydrogens (tertiary/aromatic N) is 4. The molecule has 8 heteroatoms. The van der Waals surface area contributed by atoms with Gasteiger partial charge < -0.3 is 14.4 Å². The van der Waals surface area contributed by atoms with Gasteiger partial charge in [-0.1, -0.05) is 23.5 Å². The summed E-state index contributed by atoms with van der Waals surface area (Å²) in [4.78, 5) is 20.1. The molecule has 1 saturated heterocycles. The first-order chi connectivity index (χ1) is 14.5. The maximum absolute atomic E-state index is 12.9. The minimum Gasteiger partial charge on any atom is -0.497 e. The Hall–Kier alpha value is -2.71. The molecule has 1 aliphatic rings. The number of benzene rings is 1. The van der Waals surface area contributed by atoms with Crippen molar-refractivity contribution in [2.75, 3.05) is 33.4 Å². The molecule has 0 spiro atoms. The van der Waals surface area contributed by atoms with E-state index in [4.69, 9.17) is 14.6 Å². The van der Waals surface area contributed by atoms with E-state index in [0.717, 1.165) is 34.4 Å². The summed E-state index contributed by atoms with van der Waals surface area (Å²) in [6, 6.07) is 8.08. The van der Waals surface area contributed by atoms with Gasteiger partial charge >= 0.3 is 0 Å². The number of methoxy groups -OCH3 is 1. The van der Waals surface area contributed by atoms with Crippen molar-refractivity contribution in [3.05, 3.63) is 57.4 Å². The van der Waals surface area contributed by atoms with E-state index in [9.17, 15) is 4.79 Å². The molecule has 1 aromatic carbocycles. The molecule has 1 aliphatic heterocycles. The Morgan fingerprint density at radius 3 is 2.50 bits per heavy atom. The maximum Gasteiger partial charge on any atom is 0.266 e. The van der Waals surface area contributed by atoms with Gasteiger partial charge in [-0.3, -0.25) is 4.79 Å². The zero-order valence-electron chi connectivity index (χ0n) is 17.8. The van der Waals surface area contributed by atoms with Crippen LogP contribution in [0.2, 0.25) is 0 Å². The number of ether oxygens (including phenoxy) is 2. The highest BCUT2D eigenvalue weighted by molar-refractivity contribution is 7.16. The third kappa shape index (κ3) is 3.97. The van der Waals surface area contributed by atoms with Crippen LogP contribution in [-0.4, -0.2) is 59.0 Å². The largest absolute Gasteiger partial charge is 0.497 e. The smallest absolute Gasteiger partial charge is 0.266 e. The average molecular weight is 427 g/mol. The summed E-state index contributed by atoms with van der Waals surface area (Å²) in [6.07, 6.45) is 0.783. The van der Waals surface area contributed by atoms with Crippen molar-refractivity contribution >= 4 is 17.2 Å². The van der Waals surface area contributed by atoms with Crippen molar-refractivity contribution in [1.82, 2.24) is 19.7 Å². The van der Waals surface area contributed by atoms with E-state index in [0.29, 0.717) is 31.2 Å². The molecule has 30 heavy (non-hydrogen) atoms. The molecular weight excluding hydrogens is 400 g/mol. The lowest BCUT2D eigenvalue weighted by atomic mass is 10.0. The monoisotopic (exact) mass is 426 g/mol. The van der Waals surface area contributed by atoms with Gasteiger partial charge in [-0.2, -0.15) is 5.10 Å². The van der Waals surface area contributed by atoms with Crippen molar-refractivity contribution < 1.29 is 14.3 Å². The lowest BCUT2D eigenvalue weighted by Crippen LogP contribution is -2.40. The van der Waals surface area contributed by atoms with E-state index in [1.807, 2.05) is 35.6 Å². The van der Waals surface area contributed by atoms with Crippen molar-refractivity contribution in [1.29, 1.82) is 0 Å². The number of hydrogen-bond donors (Lipinski definition) is 0. The van der Waals surface area contributed by atoms with Gasteiger partial charge in [-0.25, -0.2) is 9.67 Å². The van der Waals surface area contributed by atoms with E-state index in [2.05, 4.69) is 24.0 Å². The van der Waals surface area contributed by atoms with Crippen LogP contribution in [-0.2, 0) is 11.2 Å². The van der Waals surface area contributed by atoms with E-state index in [1.54, 1.807) is 7.11 Å². The Bertz CT molecular complexity index is 1050. The number of aromatic nitrogens is 3. The summed E-state index contributed by atoms with van der Waals surface area (Å²) < 4.78 is 12.5. The van der Waals surface area contributed by atoms with Crippen LogP contribution in [0.4, 0.5) is 0 Å². The van der Waals surface area contributed by atoms with Gasteiger partial charge in [0.05, 0.1) is 31.7 Å². The Morgan fingerprint density at radius 2 is 1.83 bits per heavy atom. The summed E-state index contributed by atoms with van der Waals surface area (Å²) in [5.41, 5.74) is 5.13. The Balaban J connectivity index is 1.60. The number of amides is 1. The molecule has 3 aromatic rings. The second kappa shape index (κ2) is 8.57. The standard InChI is InChI=1S/C22H26N4O3S/c1-14-19(13-17-5-7-18(28-4)8-6-17)16(3)26(24-14)22-23-15(2)20(30-22)21(27)25-9-11-29-12-10-25/h5-8H,9-13H2,1-4H3. The highest BCUT2D eigenvalue weighted by atomic mass is 32.1. The fourth-order valence-electron chi connectivity index (χ4n) is 3.65. The first-order valence-electron chi connectivity index (χ1n) is 10.0.